The molecule has 98 valence electrons. The van der Waals surface area contributed by atoms with Gasteiger partial charge in [-0.3, -0.25) is 4.79 Å². The van der Waals surface area contributed by atoms with E-state index >= 15 is 0 Å². The Hall–Kier alpha value is -1.40. The minimum Gasteiger partial charge on any atom is -0.497 e. The molecule has 1 aromatic rings. The fraction of sp³-hybridized carbons (Fsp3) is 0.333. The van der Waals surface area contributed by atoms with Crippen LogP contribution in [-0.2, 0) is 4.79 Å². The molecule has 0 aliphatic heterocycles. The smallest absolute Gasteiger partial charge is 0.337 e. The maximum atomic E-state index is 11.8. The number of Topliss-reactive ketones (excluding diaryl/α,β-unsaturated/α-hetero) is 1. The Morgan fingerprint density at radius 1 is 1.33 bits per heavy atom. The highest BCUT2D eigenvalue weighted by Crippen LogP contribution is 2.24. The molecular formula is C12H13BrO5. The van der Waals surface area contributed by atoms with Gasteiger partial charge < -0.3 is 14.9 Å². The van der Waals surface area contributed by atoms with E-state index in [2.05, 4.69) is 15.9 Å². The number of ketones is 1. The number of carbonyl (C=O) groups is 2. The van der Waals surface area contributed by atoms with E-state index in [0.717, 1.165) is 0 Å². The summed E-state index contributed by atoms with van der Waals surface area (Å²) in [5, 5.41) is 18.2. The maximum absolute atomic E-state index is 11.8. The normalized spacial score (nSPS) is 13.8. The molecular weight excluding hydrogens is 304 g/mol. The second-order valence-corrected chi connectivity index (χ2v) is 5.09. The van der Waals surface area contributed by atoms with Crippen LogP contribution in [0.15, 0.2) is 18.2 Å². The average Bonchev–Trinajstić information content (AvgIpc) is 2.35. The summed E-state index contributed by atoms with van der Waals surface area (Å²) >= 11 is 3.14. The molecule has 0 aliphatic rings. The topological polar surface area (TPSA) is 83.8 Å². The maximum Gasteiger partial charge on any atom is 0.337 e. The van der Waals surface area contributed by atoms with Crippen molar-refractivity contribution in [1.82, 2.24) is 0 Å². The lowest BCUT2D eigenvalue weighted by Gasteiger charge is -2.11. The SMILES string of the molecule is COc1cc(C(=O)C(C)Br)cc(C(O)C(=O)O)c1. The minimum atomic E-state index is -1.68. The van der Waals surface area contributed by atoms with Crippen LogP contribution in [-0.4, -0.2) is 33.9 Å². The van der Waals surface area contributed by atoms with Crippen LogP contribution in [0.5, 0.6) is 5.75 Å². The molecule has 0 aliphatic carbocycles. The van der Waals surface area contributed by atoms with Gasteiger partial charge >= 0.3 is 5.97 Å². The number of halogens is 1. The second kappa shape index (κ2) is 5.97. The van der Waals surface area contributed by atoms with Gasteiger partial charge in [-0.15, -0.1) is 0 Å². The lowest BCUT2D eigenvalue weighted by molar-refractivity contribution is -0.146. The van der Waals surface area contributed by atoms with Crippen molar-refractivity contribution in [3.05, 3.63) is 29.3 Å². The number of methoxy groups -OCH3 is 1. The molecule has 0 saturated heterocycles. The van der Waals surface area contributed by atoms with Gasteiger partial charge in [0.1, 0.15) is 5.75 Å². The first kappa shape index (κ1) is 14.7. The zero-order chi connectivity index (χ0) is 13.9. The van der Waals surface area contributed by atoms with E-state index in [1.807, 2.05) is 0 Å². The fourth-order valence-electron chi connectivity index (χ4n) is 1.41. The van der Waals surface area contributed by atoms with Crippen molar-refractivity contribution in [3.63, 3.8) is 0 Å². The molecule has 0 aromatic heterocycles. The first-order valence-corrected chi connectivity index (χ1v) is 6.06. The zero-order valence-electron chi connectivity index (χ0n) is 9.88. The van der Waals surface area contributed by atoms with Crippen LogP contribution in [0.4, 0.5) is 0 Å². The molecule has 2 unspecified atom stereocenters. The van der Waals surface area contributed by atoms with Gasteiger partial charge in [-0.2, -0.15) is 0 Å². The molecule has 0 radical (unpaired) electrons. The quantitative estimate of drug-likeness (QED) is 0.639. The summed E-state index contributed by atoms with van der Waals surface area (Å²) in [6.07, 6.45) is -1.68. The van der Waals surface area contributed by atoms with Gasteiger partial charge in [0.25, 0.3) is 0 Å². The first-order valence-electron chi connectivity index (χ1n) is 5.15. The third-order valence-corrected chi connectivity index (χ3v) is 2.78. The van der Waals surface area contributed by atoms with Gasteiger partial charge in [-0.1, -0.05) is 15.9 Å². The number of carboxylic acid groups (broad SMARTS) is 1. The Bertz CT molecular complexity index is 470. The number of aliphatic hydroxyl groups excluding tert-OH is 1. The van der Waals surface area contributed by atoms with E-state index in [1.54, 1.807) is 6.92 Å². The molecule has 2 atom stereocenters. The van der Waals surface area contributed by atoms with Crippen molar-refractivity contribution in [2.75, 3.05) is 7.11 Å². The molecule has 1 aromatic carbocycles. The minimum absolute atomic E-state index is 0.110. The van der Waals surface area contributed by atoms with Crippen LogP contribution in [0.2, 0.25) is 0 Å². The van der Waals surface area contributed by atoms with Gasteiger partial charge in [-0.05, 0) is 30.7 Å². The fourth-order valence-corrected chi connectivity index (χ4v) is 1.68. The van der Waals surface area contributed by atoms with Crippen LogP contribution >= 0.6 is 15.9 Å². The standard InChI is InChI=1S/C12H13BrO5/c1-6(13)10(14)7-3-8(11(15)12(16)17)5-9(4-7)18-2/h3-6,11,15H,1-2H3,(H,16,17). The highest BCUT2D eigenvalue weighted by molar-refractivity contribution is 9.10. The Balaban J connectivity index is 3.25. The summed E-state index contributed by atoms with van der Waals surface area (Å²) in [7, 11) is 1.40. The van der Waals surface area contributed by atoms with E-state index in [4.69, 9.17) is 9.84 Å². The van der Waals surface area contributed by atoms with Crippen molar-refractivity contribution in [2.45, 2.75) is 17.9 Å². The molecule has 0 fully saturated rings. The Kier molecular flexibility index (Phi) is 4.86. The third kappa shape index (κ3) is 3.30. The summed E-state index contributed by atoms with van der Waals surface area (Å²) in [4.78, 5) is 22.2. The summed E-state index contributed by atoms with van der Waals surface area (Å²) in [5.41, 5.74) is 0.396. The molecule has 0 amide bonds. The molecule has 1 rings (SSSR count). The number of benzene rings is 1. The molecule has 0 spiro atoms. The Morgan fingerprint density at radius 3 is 2.39 bits per heavy atom. The average molecular weight is 317 g/mol. The Labute approximate surface area is 113 Å². The van der Waals surface area contributed by atoms with E-state index in [9.17, 15) is 14.7 Å². The predicted molar refractivity (Wildman–Crippen MR) is 68.3 cm³/mol. The van der Waals surface area contributed by atoms with Crippen molar-refractivity contribution < 1.29 is 24.5 Å². The zero-order valence-corrected chi connectivity index (χ0v) is 11.5. The van der Waals surface area contributed by atoms with Gasteiger partial charge in [-0.25, -0.2) is 4.79 Å². The van der Waals surface area contributed by atoms with Gasteiger partial charge in [0, 0.05) is 5.56 Å². The first-order chi connectivity index (χ1) is 8.36. The number of aliphatic hydroxyl groups is 1. The molecule has 0 saturated carbocycles. The molecule has 5 nitrogen and oxygen atoms in total. The summed E-state index contributed by atoms with van der Waals surface area (Å²) in [6.45, 7) is 1.66. The summed E-state index contributed by atoms with van der Waals surface area (Å²) in [6, 6.07) is 4.23. The van der Waals surface area contributed by atoms with Gasteiger partial charge in [0.05, 0.1) is 11.9 Å². The number of carbonyl (C=O) groups excluding carboxylic acids is 1. The molecule has 0 heterocycles. The number of aliphatic carboxylic acids is 1. The van der Waals surface area contributed by atoms with Gasteiger partial charge in [0.15, 0.2) is 11.9 Å². The molecule has 0 bridgehead atoms. The largest absolute Gasteiger partial charge is 0.497 e. The van der Waals surface area contributed by atoms with E-state index in [0.29, 0.717) is 5.75 Å². The lowest BCUT2D eigenvalue weighted by atomic mass is 10.0. The number of hydrogen-bond donors (Lipinski definition) is 2. The van der Waals surface area contributed by atoms with E-state index in [1.165, 1.54) is 25.3 Å². The summed E-state index contributed by atoms with van der Waals surface area (Å²) < 4.78 is 4.98. The second-order valence-electron chi connectivity index (χ2n) is 3.72. The van der Waals surface area contributed by atoms with Crippen LogP contribution in [0, 0.1) is 0 Å². The highest BCUT2D eigenvalue weighted by Gasteiger charge is 2.20. The Morgan fingerprint density at radius 2 is 1.94 bits per heavy atom. The highest BCUT2D eigenvalue weighted by atomic mass is 79.9. The molecule has 18 heavy (non-hydrogen) atoms. The molecule has 2 N–H and O–H groups in total. The number of hydrogen-bond acceptors (Lipinski definition) is 4. The van der Waals surface area contributed by atoms with Crippen molar-refractivity contribution in [1.29, 1.82) is 0 Å². The van der Waals surface area contributed by atoms with Crippen LogP contribution in [0.3, 0.4) is 0 Å². The number of alkyl halides is 1. The van der Waals surface area contributed by atoms with E-state index < -0.39 is 16.9 Å². The van der Waals surface area contributed by atoms with Gasteiger partial charge in [0.2, 0.25) is 0 Å². The molecule has 6 heteroatoms. The predicted octanol–water partition coefficient (Wildman–Crippen LogP) is 1.78. The van der Waals surface area contributed by atoms with E-state index in [-0.39, 0.29) is 16.9 Å². The van der Waals surface area contributed by atoms with Crippen molar-refractivity contribution >= 4 is 27.7 Å². The number of ether oxygens (including phenoxy) is 1. The summed E-state index contributed by atoms with van der Waals surface area (Å²) in [5.74, 6) is -1.27. The van der Waals surface area contributed by atoms with Crippen LogP contribution in [0.1, 0.15) is 28.9 Å². The van der Waals surface area contributed by atoms with Crippen LogP contribution < -0.4 is 4.74 Å². The number of carboxylic acids is 1. The van der Waals surface area contributed by atoms with Crippen LogP contribution in [0.25, 0.3) is 0 Å². The van der Waals surface area contributed by atoms with Crippen molar-refractivity contribution in [3.8, 4) is 5.75 Å². The monoisotopic (exact) mass is 316 g/mol. The lowest BCUT2D eigenvalue weighted by Crippen LogP contribution is -2.14. The number of rotatable bonds is 5. The third-order valence-electron chi connectivity index (χ3n) is 2.36. The van der Waals surface area contributed by atoms with Crippen molar-refractivity contribution in [2.24, 2.45) is 0 Å².